The lowest BCUT2D eigenvalue weighted by Gasteiger charge is -2.51. The average molecular weight is 1060 g/mol. The average Bonchev–Trinajstić information content (AvgIpc) is 1.84. The quantitative estimate of drug-likeness (QED) is 0.165. The molecule has 4 nitrogen and oxygen atoms in total. The maximum atomic E-state index is 7.90. The van der Waals surface area contributed by atoms with Crippen LogP contribution in [0.15, 0.2) is 108 Å². The van der Waals surface area contributed by atoms with E-state index in [4.69, 9.17) is 4.42 Å². The van der Waals surface area contributed by atoms with Crippen LogP contribution in [0.4, 0.5) is 45.5 Å². The Balaban J connectivity index is 1.15. The van der Waals surface area contributed by atoms with E-state index in [2.05, 4.69) is 236 Å². The van der Waals surface area contributed by atoms with Gasteiger partial charge in [0.1, 0.15) is 5.58 Å². The number of rotatable bonds is 3. The van der Waals surface area contributed by atoms with Crippen molar-refractivity contribution in [3.8, 4) is 0 Å². The summed E-state index contributed by atoms with van der Waals surface area (Å²) < 4.78 is 7.90. The van der Waals surface area contributed by atoms with Crippen molar-refractivity contribution >= 4 is 79.8 Å². The Morgan fingerprint density at radius 3 is 1.89 bits per heavy atom. The number of para-hydroxylation sites is 1. The van der Waals surface area contributed by atoms with Crippen LogP contribution >= 0.6 is 0 Å². The van der Waals surface area contributed by atoms with Crippen molar-refractivity contribution in [1.29, 1.82) is 0 Å². The minimum absolute atomic E-state index is 0.00916. The Bertz CT molecular complexity index is 3720. The van der Waals surface area contributed by atoms with Crippen LogP contribution < -0.4 is 31.3 Å². The molecule has 5 heteroatoms. The Morgan fingerprint density at radius 2 is 1.19 bits per heavy atom. The normalized spacial score (nSPS) is 26.1. The highest BCUT2D eigenvalue weighted by Crippen LogP contribution is 2.63. The standard InChI is InChI=1S/C75H90BN3O/c1-45-46-23-22-30-73(15,44-46)57-42-54-64(43-53(45)57)80-67-66(54)78(50-27-28-55-58(39-50)72(13,14)34-33-71(55,11)12)63-41-52(79-60-25-19-18-24-56(60)74(16)31-20-21-32-75(74,79)17)40-62-65(63)76(67)59-38-47(68(2,3)4)26-29-61(59)77(62)51-36-48(69(5,6)7)35-49(37-51)70(8,9)10/h18-19,24-29,35-43,45-46H,20-23,30-34,44H2,1-17H3. The number of hydrogen-bond donors (Lipinski definition) is 0. The summed E-state index contributed by atoms with van der Waals surface area (Å²) in [6, 6.07) is 42.7. The molecule has 4 heterocycles. The van der Waals surface area contributed by atoms with E-state index in [9.17, 15) is 0 Å². The van der Waals surface area contributed by atoms with E-state index >= 15 is 0 Å². The summed E-state index contributed by atoms with van der Waals surface area (Å²) in [6.07, 6.45) is 12.3. The van der Waals surface area contributed by atoms with Crippen molar-refractivity contribution in [3.05, 3.63) is 148 Å². The highest BCUT2D eigenvalue weighted by molar-refractivity contribution is 7.00. The lowest BCUT2D eigenvalue weighted by Crippen LogP contribution is -2.61. The van der Waals surface area contributed by atoms with Crippen LogP contribution in [0.1, 0.15) is 232 Å². The van der Waals surface area contributed by atoms with Crippen LogP contribution in [0.2, 0.25) is 0 Å². The van der Waals surface area contributed by atoms with Gasteiger partial charge in [-0.25, -0.2) is 0 Å². The SMILES string of the molecule is CC1c2cc3oc4c(c3cc2C2(C)CCCC1C2)N(c1ccc2c(c1)C(C)(C)CCC2(C)C)c1cc(N2c3ccccc3C3(C)CCCCC23C)cc2c1B4c1cc(C(C)(C)C)ccc1N2c1cc(C(C)(C)C)cc(C(C)(C)C)c1. The second-order valence-electron chi connectivity index (χ2n) is 31.9. The first-order chi connectivity index (χ1) is 37.5. The molecule has 1 aromatic heterocycles. The summed E-state index contributed by atoms with van der Waals surface area (Å²) in [4.78, 5) is 8.30. The monoisotopic (exact) mass is 1060 g/mol. The van der Waals surface area contributed by atoms with E-state index in [-0.39, 0.29) is 50.2 Å². The fourth-order valence-electron chi connectivity index (χ4n) is 17.5. The second-order valence-corrected chi connectivity index (χ2v) is 31.9. The molecule has 3 aliphatic heterocycles. The lowest BCUT2D eigenvalue weighted by atomic mass is 9.35. The van der Waals surface area contributed by atoms with Crippen molar-refractivity contribution in [2.45, 2.75) is 231 Å². The summed E-state index contributed by atoms with van der Waals surface area (Å²) in [5.41, 5.74) is 26.3. The zero-order valence-corrected chi connectivity index (χ0v) is 51.9. The van der Waals surface area contributed by atoms with Gasteiger partial charge in [-0.05, 0) is 212 Å². The highest BCUT2D eigenvalue weighted by Gasteiger charge is 2.58. The van der Waals surface area contributed by atoms with Gasteiger partial charge in [0.25, 0.3) is 6.71 Å². The molecule has 6 aromatic carbocycles. The van der Waals surface area contributed by atoms with Gasteiger partial charge >= 0.3 is 0 Å². The Labute approximate surface area is 481 Å². The molecule has 414 valence electrons. The molecule has 4 aliphatic carbocycles. The van der Waals surface area contributed by atoms with Gasteiger partial charge in [0.15, 0.2) is 0 Å². The molecule has 80 heavy (non-hydrogen) atoms. The van der Waals surface area contributed by atoms with Gasteiger partial charge in [0.2, 0.25) is 0 Å². The predicted octanol–water partition coefficient (Wildman–Crippen LogP) is 19.1. The van der Waals surface area contributed by atoms with Crippen LogP contribution in [-0.2, 0) is 37.9 Å². The van der Waals surface area contributed by atoms with E-state index in [1.54, 1.807) is 5.56 Å². The van der Waals surface area contributed by atoms with Gasteiger partial charge in [-0.3, -0.25) is 0 Å². The highest BCUT2D eigenvalue weighted by atomic mass is 16.3. The number of hydrogen-bond acceptors (Lipinski definition) is 4. The molecule has 7 aliphatic rings. The lowest BCUT2D eigenvalue weighted by molar-refractivity contribution is 0.191. The van der Waals surface area contributed by atoms with Gasteiger partial charge in [0, 0.05) is 50.6 Å². The second kappa shape index (κ2) is 16.7. The zero-order valence-electron chi connectivity index (χ0n) is 51.9. The van der Waals surface area contributed by atoms with E-state index in [0.29, 0.717) is 11.8 Å². The molecule has 0 radical (unpaired) electrons. The third-order valence-electron chi connectivity index (χ3n) is 22.8. The molecular formula is C75H90BN3O. The van der Waals surface area contributed by atoms with Gasteiger partial charge in [-0.2, -0.15) is 0 Å². The largest absolute Gasteiger partial charge is 0.468 e. The van der Waals surface area contributed by atoms with Gasteiger partial charge < -0.3 is 19.1 Å². The topological polar surface area (TPSA) is 22.9 Å². The number of benzene rings is 6. The van der Waals surface area contributed by atoms with Crippen molar-refractivity contribution < 1.29 is 4.42 Å². The van der Waals surface area contributed by atoms with E-state index in [0.717, 1.165) is 24.1 Å². The first kappa shape index (κ1) is 52.4. The van der Waals surface area contributed by atoms with Gasteiger partial charge in [-0.15, -0.1) is 0 Å². The predicted molar refractivity (Wildman–Crippen MR) is 342 cm³/mol. The molecule has 0 saturated heterocycles. The van der Waals surface area contributed by atoms with Crippen LogP contribution in [0.5, 0.6) is 0 Å². The van der Waals surface area contributed by atoms with Crippen molar-refractivity contribution in [2.24, 2.45) is 5.92 Å². The van der Waals surface area contributed by atoms with E-state index in [1.807, 2.05) is 0 Å². The molecule has 5 unspecified atom stereocenters. The fourth-order valence-corrected chi connectivity index (χ4v) is 17.5. The minimum atomic E-state index is -0.159. The molecule has 14 rings (SSSR count). The molecule has 5 atom stereocenters. The summed E-state index contributed by atoms with van der Waals surface area (Å²) in [5.74, 6) is 1.20. The van der Waals surface area contributed by atoms with E-state index in [1.165, 1.54) is 152 Å². The molecule has 7 aromatic rings. The van der Waals surface area contributed by atoms with Gasteiger partial charge in [-0.1, -0.05) is 173 Å². The minimum Gasteiger partial charge on any atom is -0.468 e. The van der Waals surface area contributed by atoms with Crippen LogP contribution in [0.25, 0.3) is 11.0 Å². The Morgan fingerprint density at radius 1 is 0.525 bits per heavy atom. The first-order valence-corrected chi connectivity index (χ1v) is 31.3. The summed E-state index contributed by atoms with van der Waals surface area (Å²) in [5, 5.41) is 1.26. The molecule has 2 fully saturated rings. The third-order valence-corrected chi connectivity index (χ3v) is 22.8. The van der Waals surface area contributed by atoms with Crippen molar-refractivity contribution in [3.63, 3.8) is 0 Å². The summed E-state index contributed by atoms with van der Waals surface area (Å²) in [6.45, 7) is 41.5. The maximum Gasteiger partial charge on any atom is 0.297 e. The smallest absolute Gasteiger partial charge is 0.297 e. The third kappa shape index (κ3) is 7.31. The molecule has 0 amide bonds. The molecular weight excluding hydrogens is 970 g/mol. The van der Waals surface area contributed by atoms with E-state index < -0.39 is 0 Å². The summed E-state index contributed by atoms with van der Waals surface area (Å²) in [7, 11) is 0. The van der Waals surface area contributed by atoms with Crippen LogP contribution in [0.3, 0.4) is 0 Å². The van der Waals surface area contributed by atoms with Crippen molar-refractivity contribution in [2.75, 3.05) is 14.7 Å². The Kier molecular flexibility index (Phi) is 11.0. The number of nitrogens with zero attached hydrogens (tertiary/aromatic N) is 3. The zero-order chi connectivity index (χ0) is 56.4. The van der Waals surface area contributed by atoms with Gasteiger partial charge in [0.05, 0.1) is 16.9 Å². The number of fused-ring (bicyclic) bond motifs is 14. The molecule has 2 saturated carbocycles. The molecule has 2 bridgehead atoms. The number of furan rings is 1. The Hall–Kier alpha value is -5.68. The first-order valence-electron chi connectivity index (χ1n) is 31.3. The summed E-state index contributed by atoms with van der Waals surface area (Å²) >= 11 is 0. The van der Waals surface area contributed by atoms with Crippen LogP contribution in [-0.4, -0.2) is 12.3 Å². The molecule has 0 N–H and O–H groups in total. The maximum absolute atomic E-state index is 7.90. The number of anilines is 8. The fraction of sp³-hybridized carbons (Fsp3) is 0.493. The van der Waals surface area contributed by atoms with Crippen LogP contribution in [0, 0.1) is 5.92 Å². The van der Waals surface area contributed by atoms with Crippen molar-refractivity contribution in [1.82, 2.24) is 0 Å². The molecule has 0 spiro atoms.